The van der Waals surface area contributed by atoms with Crippen LogP contribution < -0.4 is 5.73 Å². The van der Waals surface area contributed by atoms with E-state index in [4.69, 9.17) is 10.7 Å². The number of piperidine rings is 1. The molecular weight excluding hydrogens is 332 g/mol. The van der Waals surface area contributed by atoms with Crippen LogP contribution in [0.15, 0.2) is 24.5 Å². The Bertz CT molecular complexity index is 734. The molecule has 27 heavy (non-hydrogen) atoms. The lowest BCUT2D eigenvalue weighted by Gasteiger charge is -2.41. The van der Waals surface area contributed by atoms with E-state index in [1.807, 2.05) is 12.3 Å². The van der Waals surface area contributed by atoms with Crippen molar-refractivity contribution in [3.8, 4) is 0 Å². The third-order valence-corrected chi connectivity index (χ3v) is 7.18. The number of nitrogens with zero attached hydrogens (tertiary/aromatic N) is 3. The highest BCUT2D eigenvalue weighted by Crippen LogP contribution is 2.35. The predicted octanol–water partition coefficient (Wildman–Crippen LogP) is 4.39. The quantitative estimate of drug-likeness (QED) is 0.851. The highest BCUT2D eigenvalue weighted by Gasteiger charge is 2.30. The zero-order chi connectivity index (χ0) is 18.8. The van der Waals surface area contributed by atoms with Crippen molar-refractivity contribution in [1.29, 1.82) is 0 Å². The molecule has 4 nitrogen and oxygen atoms in total. The van der Waals surface area contributed by atoms with Crippen LogP contribution in [-0.2, 0) is 6.42 Å². The van der Waals surface area contributed by atoms with Crippen molar-refractivity contribution in [2.45, 2.75) is 70.9 Å². The maximum absolute atomic E-state index is 5.83. The molecule has 0 aromatic carbocycles. The van der Waals surface area contributed by atoms with E-state index >= 15 is 0 Å². The average Bonchev–Trinajstić information content (AvgIpc) is 3.07. The Kier molecular flexibility index (Phi) is 5.84. The molecule has 2 N–H and O–H groups in total. The lowest BCUT2D eigenvalue weighted by atomic mass is 9.79. The summed E-state index contributed by atoms with van der Waals surface area (Å²) < 4.78 is 2.45. The van der Waals surface area contributed by atoms with E-state index in [1.165, 1.54) is 62.6 Å². The smallest absolute Gasteiger partial charge is 0.140 e. The van der Waals surface area contributed by atoms with E-state index in [2.05, 4.69) is 35.6 Å². The summed E-state index contributed by atoms with van der Waals surface area (Å²) in [5, 5.41) is 1.29. The molecule has 0 amide bonds. The van der Waals surface area contributed by atoms with Crippen molar-refractivity contribution >= 4 is 11.0 Å². The van der Waals surface area contributed by atoms with Crippen LogP contribution in [0, 0.1) is 11.8 Å². The molecule has 3 heterocycles. The summed E-state index contributed by atoms with van der Waals surface area (Å²) in [5.74, 6) is 1.81. The van der Waals surface area contributed by atoms with Gasteiger partial charge in [0.1, 0.15) is 5.65 Å². The molecule has 1 aliphatic heterocycles. The number of hydrogen-bond donors (Lipinski definition) is 1. The second-order valence-electron chi connectivity index (χ2n) is 9.05. The predicted molar refractivity (Wildman–Crippen MR) is 113 cm³/mol. The minimum absolute atomic E-state index is 0.581. The van der Waals surface area contributed by atoms with Gasteiger partial charge >= 0.3 is 0 Å². The molecule has 148 valence electrons. The van der Waals surface area contributed by atoms with Crippen LogP contribution in [0.4, 0.5) is 0 Å². The van der Waals surface area contributed by atoms with Gasteiger partial charge in [-0.3, -0.25) is 0 Å². The number of likely N-dealkylation sites (tertiary alicyclic amines) is 1. The Hall–Kier alpha value is -1.39. The SMILES string of the molecule is CC(C)[C@H]1CC[C@@H](N2CCC(n3cc(CCN)c4cccnc43)CC2)CC1. The van der Waals surface area contributed by atoms with Crippen LogP contribution in [-0.4, -0.2) is 40.1 Å². The standard InChI is InChI=1S/C23H36N4/c1-17(2)18-5-7-20(8-6-18)26-14-10-21(11-15-26)27-16-19(9-12-24)22-4-3-13-25-23(22)27/h3-4,13,16-18,20-21H,5-12,14-15,24H2,1-2H3/t18-,20+. The van der Waals surface area contributed by atoms with Crippen LogP contribution in [0.25, 0.3) is 11.0 Å². The van der Waals surface area contributed by atoms with Crippen molar-refractivity contribution in [2.24, 2.45) is 17.6 Å². The highest BCUT2D eigenvalue weighted by molar-refractivity contribution is 5.80. The summed E-state index contributed by atoms with van der Waals surface area (Å²) in [6.07, 6.45) is 13.3. The Morgan fingerprint density at radius 3 is 2.48 bits per heavy atom. The fourth-order valence-electron chi connectivity index (χ4n) is 5.45. The second-order valence-corrected chi connectivity index (χ2v) is 9.05. The normalized spacial score (nSPS) is 25.5. The first-order valence-corrected chi connectivity index (χ1v) is 11.1. The first-order valence-electron chi connectivity index (χ1n) is 11.1. The largest absolute Gasteiger partial charge is 0.330 e. The average molecular weight is 369 g/mol. The maximum atomic E-state index is 5.83. The molecule has 0 bridgehead atoms. The van der Waals surface area contributed by atoms with Gasteiger partial charge in [-0.15, -0.1) is 0 Å². The van der Waals surface area contributed by atoms with Crippen LogP contribution in [0.5, 0.6) is 0 Å². The molecule has 1 saturated heterocycles. The molecule has 0 unspecified atom stereocenters. The molecule has 2 aromatic heterocycles. The lowest BCUT2D eigenvalue weighted by Crippen LogP contribution is -2.43. The third-order valence-electron chi connectivity index (χ3n) is 7.18. The summed E-state index contributed by atoms with van der Waals surface area (Å²) in [6, 6.07) is 5.65. The zero-order valence-corrected chi connectivity index (χ0v) is 17.1. The summed E-state index contributed by atoms with van der Waals surface area (Å²) in [7, 11) is 0. The zero-order valence-electron chi connectivity index (χ0n) is 17.1. The van der Waals surface area contributed by atoms with Crippen molar-refractivity contribution in [3.63, 3.8) is 0 Å². The molecule has 0 radical (unpaired) electrons. The molecule has 1 saturated carbocycles. The van der Waals surface area contributed by atoms with Gasteiger partial charge in [-0.1, -0.05) is 13.8 Å². The Labute approximate surface area is 164 Å². The van der Waals surface area contributed by atoms with E-state index in [9.17, 15) is 0 Å². The minimum Gasteiger partial charge on any atom is -0.330 e. The highest BCUT2D eigenvalue weighted by atomic mass is 15.2. The number of aromatic nitrogens is 2. The van der Waals surface area contributed by atoms with Crippen LogP contribution in [0.3, 0.4) is 0 Å². The fraction of sp³-hybridized carbons (Fsp3) is 0.696. The monoisotopic (exact) mass is 368 g/mol. The van der Waals surface area contributed by atoms with Gasteiger partial charge in [0, 0.05) is 43.0 Å². The summed E-state index contributed by atoms with van der Waals surface area (Å²) in [4.78, 5) is 7.49. The van der Waals surface area contributed by atoms with Crippen LogP contribution in [0.1, 0.15) is 64.0 Å². The van der Waals surface area contributed by atoms with Crippen LogP contribution >= 0.6 is 0 Å². The van der Waals surface area contributed by atoms with E-state index in [-0.39, 0.29) is 0 Å². The third kappa shape index (κ3) is 3.93. The molecule has 4 heteroatoms. The molecule has 0 spiro atoms. The number of pyridine rings is 1. The summed E-state index contributed by atoms with van der Waals surface area (Å²) >= 11 is 0. The Balaban J connectivity index is 1.41. The van der Waals surface area contributed by atoms with Crippen molar-refractivity contribution in [1.82, 2.24) is 14.5 Å². The number of rotatable bonds is 5. The van der Waals surface area contributed by atoms with Crippen molar-refractivity contribution < 1.29 is 0 Å². The van der Waals surface area contributed by atoms with Crippen LogP contribution in [0.2, 0.25) is 0 Å². The molecule has 2 aliphatic rings. The molecule has 2 aromatic rings. The van der Waals surface area contributed by atoms with Gasteiger partial charge in [0.25, 0.3) is 0 Å². The molecule has 0 atom stereocenters. The van der Waals surface area contributed by atoms with Gasteiger partial charge in [-0.2, -0.15) is 0 Å². The first-order chi connectivity index (χ1) is 13.2. The Morgan fingerprint density at radius 1 is 1.07 bits per heavy atom. The molecule has 1 aliphatic carbocycles. The second kappa shape index (κ2) is 8.32. The number of fused-ring (bicyclic) bond motifs is 1. The van der Waals surface area contributed by atoms with Gasteiger partial charge in [0.05, 0.1) is 0 Å². The van der Waals surface area contributed by atoms with E-state index in [0.29, 0.717) is 12.6 Å². The van der Waals surface area contributed by atoms with Crippen molar-refractivity contribution in [3.05, 3.63) is 30.1 Å². The topological polar surface area (TPSA) is 47.1 Å². The van der Waals surface area contributed by atoms with Gasteiger partial charge in [0.15, 0.2) is 0 Å². The molecule has 2 fully saturated rings. The first kappa shape index (κ1) is 18.9. The maximum Gasteiger partial charge on any atom is 0.140 e. The van der Waals surface area contributed by atoms with Gasteiger partial charge in [-0.05, 0) is 81.0 Å². The number of hydrogen-bond acceptors (Lipinski definition) is 3. The van der Waals surface area contributed by atoms with Gasteiger partial charge in [0.2, 0.25) is 0 Å². The van der Waals surface area contributed by atoms with Crippen molar-refractivity contribution in [2.75, 3.05) is 19.6 Å². The van der Waals surface area contributed by atoms with Gasteiger partial charge < -0.3 is 15.2 Å². The lowest BCUT2D eigenvalue weighted by molar-refractivity contribution is 0.0893. The van der Waals surface area contributed by atoms with E-state index < -0.39 is 0 Å². The fourth-order valence-corrected chi connectivity index (χ4v) is 5.45. The molecule has 4 rings (SSSR count). The summed E-state index contributed by atoms with van der Waals surface area (Å²) in [6.45, 7) is 7.96. The molecular formula is C23H36N4. The number of nitrogens with two attached hydrogens (primary N) is 1. The van der Waals surface area contributed by atoms with E-state index in [1.54, 1.807) is 0 Å². The van der Waals surface area contributed by atoms with Gasteiger partial charge in [-0.25, -0.2) is 4.98 Å². The minimum atomic E-state index is 0.581. The summed E-state index contributed by atoms with van der Waals surface area (Å²) in [5.41, 5.74) is 8.34. The van der Waals surface area contributed by atoms with E-state index in [0.717, 1.165) is 29.9 Å². The Morgan fingerprint density at radius 2 is 1.81 bits per heavy atom.